The summed E-state index contributed by atoms with van der Waals surface area (Å²) in [6, 6.07) is 9.66. The molecular weight excluding hydrogens is 318 g/mol. The third kappa shape index (κ3) is 4.08. The number of hydrogen-bond acceptors (Lipinski definition) is 5. The molecule has 0 radical (unpaired) electrons. The van der Waals surface area contributed by atoms with E-state index in [4.69, 9.17) is 14.5 Å². The van der Waals surface area contributed by atoms with Gasteiger partial charge in [0, 0.05) is 32.7 Å². The second kappa shape index (κ2) is 8.27. The maximum atomic E-state index is 12.8. The summed E-state index contributed by atoms with van der Waals surface area (Å²) in [7, 11) is 3.10. The second-order valence-electron chi connectivity index (χ2n) is 6.20. The van der Waals surface area contributed by atoms with Gasteiger partial charge >= 0.3 is 0 Å². The number of para-hydroxylation sites is 1. The van der Waals surface area contributed by atoms with E-state index in [0.717, 1.165) is 29.8 Å². The number of hydrogen-bond donors (Lipinski definition) is 1. The van der Waals surface area contributed by atoms with Crippen LogP contribution in [0.3, 0.4) is 0 Å². The summed E-state index contributed by atoms with van der Waals surface area (Å²) in [5, 5.41) is 3.74. The largest absolute Gasteiger partial charge is 0.357 e. The summed E-state index contributed by atoms with van der Waals surface area (Å²) in [6.07, 6.45) is 3.13. The fourth-order valence-corrected chi connectivity index (χ4v) is 3.17. The van der Waals surface area contributed by atoms with Gasteiger partial charge in [0.15, 0.2) is 6.29 Å². The highest BCUT2D eigenvalue weighted by molar-refractivity contribution is 6.07. The molecule has 134 valence electrons. The highest BCUT2D eigenvalue weighted by Crippen LogP contribution is 2.25. The molecule has 6 heteroatoms. The first-order valence-electron chi connectivity index (χ1n) is 8.71. The number of anilines is 1. The molecule has 0 atom stereocenters. The quantitative estimate of drug-likeness (QED) is 0.817. The number of pyridine rings is 1. The van der Waals surface area contributed by atoms with Crippen molar-refractivity contribution in [1.82, 2.24) is 10.3 Å². The fraction of sp³-hybridized carbons (Fsp3) is 0.474. The Balaban J connectivity index is 1.90. The predicted molar refractivity (Wildman–Crippen MR) is 97.9 cm³/mol. The molecule has 1 amide bonds. The normalized spacial score (nSPS) is 14.9. The van der Waals surface area contributed by atoms with E-state index in [2.05, 4.69) is 10.2 Å². The summed E-state index contributed by atoms with van der Waals surface area (Å²) in [5.41, 5.74) is 1.47. The lowest BCUT2D eigenvalue weighted by Gasteiger charge is -2.28. The zero-order chi connectivity index (χ0) is 17.6. The van der Waals surface area contributed by atoms with Crippen molar-refractivity contribution >= 4 is 22.6 Å². The lowest BCUT2D eigenvalue weighted by Crippen LogP contribution is -2.35. The van der Waals surface area contributed by atoms with E-state index >= 15 is 0 Å². The van der Waals surface area contributed by atoms with Crippen LogP contribution in [0, 0.1) is 0 Å². The van der Waals surface area contributed by atoms with Crippen molar-refractivity contribution in [3.63, 3.8) is 0 Å². The maximum absolute atomic E-state index is 12.8. The molecule has 2 aromatic rings. The molecule has 1 N–H and O–H groups in total. The molecule has 1 aliphatic rings. The van der Waals surface area contributed by atoms with Gasteiger partial charge in [-0.1, -0.05) is 18.2 Å². The lowest BCUT2D eigenvalue weighted by atomic mass is 10.1. The van der Waals surface area contributed by atoms with Crippen molar-refractivity contribution in [3.8, 4) is 0 Å². The minimum atomic E-state index is -0.460. The van der Waals surface area contributed by atoms with E-state index in [-0.39, 0.29) is 5.91 Å². The Morgan fingerprint density at radius 1 is 1.20 bits per heavy atom. The van der Waals surface area contributed by atoms with Crippen LogP contribution in [0.15, 0.2) is 30.3 Å². The number of carbonyl (C=O) groups excluding carboxylic acids is 1. The first-order valence-corrected chi connectivity index (χ1v) is 8.71. The van der Waals surface area contributed by atoms with Crippen molar-refractivity contribution in [2.24, 2.45) is 0 Å². The maximum Gasteiger partial charge on any atom is 0.252 e. The Bertz CT molecular complexity index is 725. The fourth-order valence-electron chi connectivity index (χ4n) is 3.17. The molecule has 0 saturated carbocycles. The molecular formula is C19H25N3O3. The van der Waals surface area contributed by atoms with Crippen LogP contribution in [0.5, 0.6) is 0 Å². The molecule has 2 heterocycles. The van der Waals surface area contributed by atoms with Gasteiger partial charge in [0.2, 0.25) is 0 Å². The van der Waals surface area contributed by atoms with Crippen molar-refractivity contribution in [3.05, 3.63) is 35.9 Å². The average molecular weight is 343 g/mol. The molecule has 1 saturated heterocycles. The first-order chi connectivity index (χ1) is 12.2. The van der Waals surface area contributed by atoms with E-state index in [1.165, 1.54) is 19.3 Å². The number of aromatic nitrogens is 1. The van der Waals surface area contributed by atoms with Crippen molar-refractivity contribution < 1.29 is 14.3 Å². The van der Waals surface area contributed by atoms with Gasteiger partial charge in [-0.05, 0) is 31.4 Å². The first kappa shape index (κ1) is 17.6. The molecule has 0 unspecified atom stereocenters. The van der Waals surface area contributed by atoms with Gasteiger partial charge in [0.25, 0.3) is 5.91 Å². The Morgan fingerprint density at radius 3 is 2.64 bits per heavy atom. The Morgan fingerprint density at radius 2 is 1.92 bits per heavy atom. The molecule has 3 rings (SSSR count). The summed E-state index contributed by atoms with van der Waals surface area (Å²) in [5.74, 6) is 0.731. The van der Waals surface area contributed by atoms with Crippen LogP contribution in [-0.4, -0.2) is 51.0 Å². The molecule has 1 aromatic heterocycles. The zero-order valence-electron chi connectivity index (χ0n) is 14.8. The number of rotatable bonds is 6. The molecule has 1 fully saturated rings. The Labute approximate surface area is 148 Å². The van der Waals surface area contributed by atoms with E-state index in [0.29, 0.717) is 12.1 Å². The minimum absolute atomic E-state index is 0.143. The van der Waals surface area contributed by atoms with Crippen LogP contribution in [0.1, 0.15) is 29.6 Å². The van der Waals surface area contributed by atoms with Gasteiger partial charge in [0.05, 0.1) is 17.6 Å². The molecule has 6 nitrogen and oxygen atoms in total. The minimum Gasteiger partial charge on any atom is -0.357 e. The van der Waals surface area contributed by atoms with Gasteiger partial charge < -0.3 is 19.7 Å². The molecule has 1 aliphatic heterocycles. The SMILES string of the molecule is COC(CNC(=O)c1cc(N2CCCCC2)nc2ccccc12)OC. The van der Waals surface area contributed by atoms with Crippen LogP contribution in [0.25, 0.3) is 10.9 Å². The van der Waals surface area contributed by atoms with Gasteiger partial charge in [-0.15, -0.1) is 0 Å². The smallest absolute Gasteiger partial charge is 0.252 e. The topological polar surface area (TPSA) is 63.7 Å². The number of ether oxygens (including phenoxy) is 2. The predicted octanol–water partition coefficient (Wildman–Crippen LogP) is 2.57. The van der Waals surface area contributed by atoms with Gasteiger partial charge in [-0.3, -0.25) is 4.79 Å². The monoisotopic (exact) mass is 343 g/mol. The number of amides is 1. The summed E-state index contributed by atoms with van der Waals surface area (Å²) < 4.78 is 10.3. The van der Waals surface area contributed by atoms with Gasteiger partial charge in [0.1, 0.15) is 5.82 Å². The number of nitrogens with one attached hydrogen (secondary N) is 1. The van der Waals surface area contributed by atoms with Crippen molar-refractivity contribution in [1.29, 1.82) is 0 Å². The molecule has 1 aromatic carbocycles. The number of methoxy groups -OCH3 is 2. The highest BCUT2D eigenvalue weighted by Gasteiger charge is 2.18. The van der Waals surface area contributed by atoms with Crippen LogP contribution in [-0.2, 0) is 9.47 Å². The Hall–Kier alpha value is -2.18. The van der Waals surface area contributed by atoms with Crippen LogP contribution < -0.4 is 10.2 Å². The van der Waals surface area contributed by atoms with Crippen molar-refractivity contribution in [2.75, 3.05) is 38.8 Å². The summed E-state index contributed by atoms with van der Waals surface area (Å²) >= 11 is 0. The van der Waals surface area contributed by atoms with Crippen LogP contribution >= 0.6 is 0 Å². The van der Waals surface area contributed by atoms with Crippen LogP contribution in [0.4, 0.5) is 5.82 Å². The summed E-state index contributed by atoms with van der Waals surface area (Å²) in [6.45, 7) is 2.27. The zero-order valence-corrected chi connectivity index (χ0v) is 14.8. The number of piperidine rings is 1. The molecule has 0 aliphatic carbocycles. The average Bonchev–Trinajstić information content (AvgIpc) is 2.68. The van der Waals surface area contributed by atoms with Crippen molar-refractivity contribution in [2.45, 2.75) is 25.6 Å². The molecule has 0 spiro atoms. The number of nitrogens with zero attached hydrogens (tertiary/aromatic N) is 2. The second-order valence-corrected chi connectivity index (χ2v) is 6.20. The standard InChI is InChI=1S/C19H25N3O3/c1-24-18(25-2)13-20-19(23)15-12-17(22-10-6-3-7-11-22)21-16-9-5-4-8-14(15)16/h4-5,8-9,12,18H,3,6-7,10-11,13H2,1-2H3,(H,20,23). The van der Waals surface area contributed by atoms with E-state index in [1.807, 2.05) is 30.3 Å². The summed E-state index contributed by atoms with van der Waals surface area (Å²) in [4.78, 5) is 19.8. The molecule has 0 bridgehead atoms. The number of carbonyl (C=O) groups is 1. The van der Waals surface area contributed by atoms with E-state index in [9.17, 15) is 4.79 Å². The van der Waals surface area contributed by atoms with Gasteiger partial charge in [-0.25, -0.2) is 4.98 Å². The highest BCUT2D eigenvalue weighted by atomic mass is 16.7. The van der Waals surface area contributed by atoms with Crippen LogP contribution in [0.2, 0.25) is 0 Å². The van der Waals surface area contributed by atoms with Gasteiger partial charge in [-0.2, -0.15) is 0 Å². The molecule has 25 heavy (non-hydrogen) atoms. The van der Waals surface area contributed by atoms with E-state index < -0.39 is 6.29 Å². The lowest BCUT2D eigenvalue weighted by molar-refractivity contribution is -0.0974. The third-order valence-corrected chi connectivity index (χ3v) is 4.58. The number of fused-ring (bicyclic) bond motifs is 1. The third-order valence-electron chi connectivity index (χ3n) is 4.58. The Kier molecular flexibility index (Phi) is 5.83. The number of benzene rings is 1. The van der Waals surface area contributed by atoms with E-state index in [1.54, 1.807) is 14.2 Å².